The van der Waals surface area contributed by atoms with E-state index in [-0.39, 0.29) is 17.1 Å². The van der Waals surface area contributed by atoms with E-state index in [1.165, 1.54) is 24.3 Å². The number of phenols is 1. The van der Waals surface area contributed by atoms with Gasteiger partial charge in [0.25, 0.3) is 0 Å². The Kier molecular flexibility index (Phi) is 2.98. The zero-order valence-corrected chi connectivity index (χ0v) is 10.1. The van der Waals surface area contributed by atoms with Gasteiger partial charge in [0.1, 0.15) is 17.9 Å². The lowest BCUT2D eigenvalue weighted by molar-refractivity contribution is 0.0754. The minimum atomic E-state index is -1.06. The Bertz CT molecular complexity index is 630. The average Bonchev–Trinajstić information content (AvgIpc) is 2.30. The molecular formula is C13H13FO4. The Morgan fingerprint density at radius 1 is 1.39 bits per heavy atom. The summed E-state index contributed by atoms with van der Waals surface area (Å²) >= 11 is 0. The van der Waals surface area contributed by atoms with Gasteiger partial charge in [0.15, 0.2) is 11.5 Å². The van der Waals surface area contributed by atoms with E-state index in [1.807, 2.05) is 0 Å². The first-order valence-corrected chi connectivity index (χ1v) is 5.43. The van der Waals surface area contributed by atoms with E-state index >= 15 is 0 Å². The van der Waals surface area contributed by atoms with Crippen LogP contribution in [-0.4, -0.2) is 17.4 Å². The Morgan fingerprint density at radius 3 is 2.78 bits per heavy atom. The Labute approximate surface area is 103 Å². The fraction of sp³-hybridized carbons (Fsp3) is 0.308. The molecule has 0 spiro atoms. The van der Waals surface area contributed by atoms with Gasteiger partial charge in [0.05, 0.1) is 0 Å². The van der Waals surface area contributed by atoms with Crippen molar-refractivity contribution in [2.45, 2.75) is 19.4 Å². The predicted octanol–water partition coefficient (Wildman–Crippen LogP) is 2.63. The van der Waals surface area contributed by atoms with Crippen molar-refractivity contribution in [3.63, 3.8) is 0 Å². The van der Waals surface area contributed by atoms with Crippen molar-refractivity contribution in [3.8, 4) is 11.5 Å². The first-order chi connectivity index (χ1) is 8.41. The zero-order valence-electron chi connectivity index (χ0n) is 10.1. The number of halogens is 1. The number of ether oxygens (including phenoxy) is 1. The minimum absolute atomic E-state index is 0.0829. The smallest absolute Gasteiger partial charge is 0.336 e. The Morgan fingerprint density at radius 2 is 2.11 bits per heavy atom. The highest BCUT2D eigenvalue weighted by atomic mass is 19.1. The van der Waals surface area contributed by atoms with Crippen molar-refractivity contribution >= 4 is 11.0 Å². The molecule has 1 N–H and O–H groups in total. The van der Waals surface area contributed by atoms with Crippen LogP contribution in [-0.2, 0) is 0 Å². The van der Waals surface area contributed by atoms with Gasteiger partial charge < -0.3 is 14.3 Å². The van der Waals surface area contributed by atoms with Crippen LogP contribution in [0.3, 0.4) is 0 Å². The highest BCUT2D eigenvalue weighted by Gasteiger charge is 2.21. The third kappa shape index (κ3) is 2.45. The molecule has 0 aliphatic rings. The summed E-state index contributed by atoms with van der Waals surface area (Å²) in [5.74, 6) is -0.0441. The summed E-state index contributed by atoms with van der Waals surface area (Å²) in [7, 11) is 0. The van der Waals surface area contributed by atoms with Crippen LogP contribution in [0.25, 0.3) is 11.0 Å². The summed E-state index contributed by atoms with van der Waals surface area (Å²) in [5.41, 5.74) is -1.27. The second-order valence-corrected chi connectivity index (χ2v) is 4.61. The van der Waals surface area contributed by atoms with Crippen LogP contribution < -0.4 is 10.4 Å². The molecule has 96 valence electrons. The SMILES string of the molecule is CC(C)(CF)Oc1cc2oc(=O)ccc2cc1O. The van der Waals surface area contributed by atoms with Gasteiger partial charge in [-0.1, -0.05) is 0 Å². The molecule has 5 heteroatoms. The summed E-state index contributed by atoms with van der Waals surface area (Å²) in [6, 6.07) is 5.57. The topological polar surface area (TPSA) is 59.7 Å². The summed E-state index contributed by atoms with van der Waals surface area (Å²) in [4.78, 5) is 11.1. The van der Waals surface area contributed by atoms with Crippen LogP contribution in [0.2, 0.25) is 0 Å². The van der Waals surface area contributed by atoms with Crippen molar-refractivity contribution in [2.24, 2.45) is 0 Å². The lowest BCUT2D eigenvalue weighted by Crippen LogP contribution is -2.30. The van der Waals surface area contributed by atoms with Crippen LogP contribution >= 0.6 is 0 Å². The van der Waals surface area contributed by atoms with Crippen LogP contribution in [0.15, 0.2) is 33.5 Å². The highest BCUT2D eigenvalue weighted by Crippen LogP contribution is 2.33. The number of hydrogen-bond donors (Lipinski definition) is 1. The molecule has 1 aromatic heterocycles. The van der Waals surface area contributed by atoms with Crippen molar-refractivity contribution in [2.75, 3.05) is 6.67 Å². The molecule has 2 aromatic rings. The molecule has 0 fully saturated rings. The fourth-order valence-corrected chi connectivity index (χ4v) is 1.49. The molecule has 0 atom stereocenters. The van der Waals surface area contributed by atoms with E-state index in [0.717, 1.165) is 0 Å². The van der Waals surface area contributed by atoms with Gasteiger partial charge in [0.2, 0.25) is 0 Å². The number of phenolic OH excluding ortho intramolecular Hbond substituents is 1. The third-order valence-electron chi connectivity index (χ3n) is 2.41. The second kappa shape index (κ2) is 4.33. The van der Waals surface area contributed by atoms with Gasteiger partial charge in [-0.3, -0.25) is 0 Å². The lowest BCUT2D eigenvalue weighted by Gasteiger charge is -2.23. The van der Waals surface area contributed by atoms with Gasteiger partial charge in [-0.15, -0.1) is 0 Å². The van der Waals surface area contributed by atoms with Crippen LogP contribution in [0.1, 0.15) is 13.8 Å². The van der Waals surface area contributed by atoms with Gasteiger partial charge in [-0.2, -0.15) is 0 Å². The first-order valence-electron chi connectivity index (χ1n) is 5.43. The van der Waals surface area contributed by atoms with E-state index in [9.17, 15) is 14.3 Å². The molecule has 0 amide bonds. The third-order valence-corrected chi connectivity index (χ3v) is 2.41. The average molecular weight is 252 g/mol. The quantitative estimate of drug-likeness (QED) is 0.853. The lowest BCUT2D eigenvalue weighted by atomic mass is 10.1. The van der Waals surface area contributed by atoms with Crippen molar-refractivity contribution < 1.29 is 18.7 Å². The molecule has 0 unspecified atom stereocenters. The summed E-state index contributed by atoms with van der Waals surface area (Å²) in [6.07, 6.45) is 0. The van der Waals surface area contributed by atoms with E-state index in [0.29, 0.717) is 5.39 Å². The number of alkyl halides is 1. The molecule has 0 bridgehead atoms. The van der Waals surface area contributed by atoms with Gasteiger partial charge in [-0.05, 0) is 26.0 Å². The first kappa shape index (κ1) is 12.4. The molecule has 1 heterocycles. The number of fused-ring (bicyclic) bond motifs is 1. The molecule has 0 saturated heterocycles. The summed E-state index contributed by atoms with van der Waals surface area (Å²) < 4.78 is 23.0. The maximum Gasteiger partial charge on any atom is 0.336 e. The zero-order chi connectivity index (χ0) is 13.3. The minimum Gasteiger partial charge on any atom is -0.504 e. The van der Waals surface area contributed by atoms with Crippen molar-refractivity contribution in [1.29, 1.82) is 0 Å². The summed E-state index contributed by atoms with van der Waals surface area (Å²) in [5, 5.41) is 10.3. The number of benzene rings is 1. The normalized spacial score (nSPS) is 11.7. The van der Waals surface area contributed by atoms with Crippen molar-refractivity contribution in [1.82, 2.24) is 0 Å². The van der Waals surface area contributed by atoms with Crippen LogP contribution in [0.4, 0.5) is 4.39 Å². The van der Waals surface area contributed by atoms with Crippen molar-refractivity contribution in [3.05, 3.63) is 34.7 Å². The van der Waals surface area contributed by atoms with E-state index in [1.54, 1.807) is 13.8 Å². The number of hydrogen-bond acceptors (Lipinski definition) is 4. The van der Waals surface area contributed by atoms with Gasteiger partial charge in [0, 0.05) is 17.5 Å². The highest BCUT2D eigenvalue weighted by molar-refractivity contribution is 5.80. The van der Waals surface area contributed by atoms with Gasteiger partial charge in [-0.25, -0.2) is 9.18 Å². The molecule has 0 aliphatic carbocycles. The number of rotatable bonds is 3. The molecule has 1 aromatic carbocycles. The second-order valence-electron chi connectivity index (χ2n) is 4.61. The summed E-state index contributed by atoms with van der Waals surface area (Å²) in [6.45, 7) is 2.40. The van der Waals surface area contributed by atoms with E-state index in [2.05, 4.69) is 0 Å². The van der Waals surface area contributed by atoms with E-state index < -0.39 is 17.9 Å². The standard InChI is InChI=1S/C13H13FO4/c1-13(2,7-14)18-11-6-10-8(5-9(11)15)3-4-12(16)17-10/h3-6,15H,7H2,1-2H3. The molecule has 18 heavy (non-hydrogen) atoms. The van der Waals surface area contributed by atoms with Gasteiger partial charge >= 0.3 is 5.63 Å². The maximum absolute atomic E-state index is 12.7. The number of aromatic hydroxyl groups is 1. The maximum atomic E-state index is 12.7. The molecule has 4 nitrogen and oxygen atoms in total. The van der Waals surface area contributed by atoms with E-state index in [4.69, 9.17) is 9.15 Å². The fourth-order valence-electron chi connectivity index (χ4n) is 1.49. The molecule has 2 rings (SSSR count). The molecule has 0 saturated carbocycles. The monoisotopic (exact) mass is 252 g/mol. The van der Waals surface area contributed by atoms with Crippen LogP contribution in [0, 0.1) is 0 Å². The molecular weight excluding hydrogens is 239 g/mol. The van der Waals surface area contributed by atoms with Crippen LogP contribution in [0.5, 0.6) is 11.5 Å². The Hall–Kier alpha value is -2.04. The molecule has 0 radical (unpaired) electrons. The molecule has 0 aliphatic heterocycles. The predicted molar refractivity (Wildman–Crippen MR) is 64.8 cm³/mol. The largest absolute Gasteiger partial charge is 0.504 e. The Balaban J connectivity index is 2.51.